The Hall–Kier alpha value is -3.36. The van der Waals surface area contributed by atoms with E-state index in [1.54, 1.807) is 31.0 Å². The molecule has 0 fully saturated rings. The number of rotatable bonds is 3. The number of carbonyl (C=O) groups is 1. The zero-order valence-corrected chi connectivity index (χ0v) is 16.7. The highest BCUT2D eigenvalue weighted by Gasteiger charge is 2.29. The first-order valence-electron chi connectivity index (χ1n) is 9.30. The van der Waals surface area contributed by atoms with Crippen molar-refractivity contribution in [1.82, 2.24) is 19.7 Å². The molecule has 4 rings (SSSR count). The third-order valence-corrected chi connectivity index (χ3v) is 5.23. The lowest BCUT2D eigenvalue weighted by Crippen LogP contribution is -2.36. The van der Waals surface area contributed by atoms with Crippen LogP contribution in [0.4, 0.5) is 13.2 Å². The van der Waals surface area contributed by atoms with Gasteiger partial charge in [-0.25, -0.2) is 18.2 Å². The normalized spacial score (nSPS) is 13.3. The van der Waals surface area contributed by atoms with Gasteiger partial charge in [-0.1, -0.05) is 6.07 Å². The number of pyridine rings is 1. The highest BCUT2D eigenvalue weighted by atomic mass is 19.2. The van der Waals surface area contributed by atoms with Gasteiger partial charge in [0.15, 0.2) is 17.5 Å². The van der Waals surface area contributed by atoms with Crippen LogP contribution in [0, 0.1) is 24.4 Å². The Morgan fingerprint density at radius 3 is 2.53 bits per heavy atom. The summed E-state index contributed by atoms with van der Waals surface area (Å²) in [6.07, 6.45) is 0.438. The highest BCUT2D eigenvalue weighted by Crippen LogP contribution is 2.32. The van der Waals surface area contributed by atoms with Gasteiger partial charge >= 0.3 is 0 Å². The van der Waals surface area contributed by atoms with Gasteiger partial charge in [0.05, 0.1) is 25.0 Å². The number of nitrogens with zero attached hydrogens (tertiary/aromatic N) is 4. The third kappa shape index (κ3) is 3.30. The molecule has 0 atom stereocenters. The van der Waals surface area contributed by atoms with E-state index in [1.165, 1.54) is 11.8 Å². The lowest BCUT2D eigenvalue weighted by atomic mass is 9.99. The number of halogens is 3. The van der Waals surface area contributed by atoms with Crippen LogP contribution in [-0.4, -0.2) is 39.2 Å². The number of aryl methyl sites for hydroxylation is 2. The lowest BCUT2D eigenvalue weighted by molar-refractivity contribution is 0.0724. The van der Waals surface area contributed by atoms with E-state index >= 15 is 0 Å². The summed E-state index contributed by atoms with van der Waals surface area (Å²) in [5.74, 6) is -3.92. The van der Waals surface area contributed by atoms with Crippen LogP contribution in [0.2, 0.25) is 0 Å². The molecule has 2 aromatic heterocycles. The monoisotopic (exact) mass is 416 g/mol. The van der Waals surface area contributed by atoms with E-state index in [0.717, 1.165) is 23.3 Å². The van der Waals surface area contributed by atoms with Crippen LogP contribution in [0.5, 0.6) is 5.88 Å². The van der Waals surface area contributed by atoms with Gasteiger partial charge in [0.25, 0.3) is 5.91 Å². The van der Waals surface area contributed by atoms with Crippen molar-refractivity contribution < 1.29 is 22.7 Å². The SMILES string of the molecule is COc1ccc(C)c(C(=O)N2CCc3c(nn(C)c3-c3cc(F)c(F)c(F)c3)C2)n1. The quantitative estimate of drug-likeness (QED) is 0.614. The number of hydrogen-bond donors (Lipinski definition) is 0. The minimum Gasteiger partial charge on any atom is -0.481 e. The van der Waals surface area contributed by atoms with Crippen molar-refractivity contribution in [2.24, 2.45) is 7.05 Å². The Kier molecular flexibility index (Phi) is 4.97. The minimum absolute atomic E-state index is 0.202. The van der Waals surface area contributed by atoms with E-state index in [2.05, 4.69) is 10.1 Å². The number of aromatic nitrogens is 3. The van der Waals surface area contributed by atoms with Gasteiger partial charge in [-0.3, -0.25) is 9.48 Å². The van der Waals surface area contributed by atoms with Gasteiger partial charge in [-0.15, -0.1) is 0 Å². The molecule has 0 spiro atoms. The average molecular weight is 416 g/mol. The predicted octanol–water partition coefficient (Wildman–Crippen LogP) is 3.41. The van der Waals surface area contributed by atoms with Gasteiger partial charge in [-0.2, -0.15) is 5.10 Å². The van der Waals surface area contributed by atoms with Crippen LogP contribution >= 0.6 is 0 Å². The molecule has 1 aliphatic heterocycles. The Morgan fingerprint density at radius 2 is 1.87 bits per heavy atom. The Bertz CT molecular complexity index is 1140. The third-order valence-electron chi connectivity index (χ3n) is 5.23. The molecule has 0 radical (unpaired) electrons. The second-order valence-corrected chi connectivity index (χ2v) is 7.15. The maximum Gasteiger partial charge on any atom is 0.273 e. The van der Waals surface area contributed by atoms with E-state index in [9.17, 15) is 18.0 Å². The summed E-state index contributed by atoms with van der Waals surface area (Å²) in [5.41, 5.74) is 3.14. The molecule has 1 aromatic carbocycles. The lowest BCUT2D eigenvalue weighted by Gasteiger charge is -2.27. The van der Waals surface area contributed by atoms with Crippen molar-refractivity contribution >= 4 is 5.91 Å². The summed E-state index contributed by atoms with van der Waals surface area (Å²) < 4.78 is 47.4. The standard InChI is InChI=1S/C21H19F3N4O2/c1-11-4-5-17(30-3)25-19(11)21(29)28-7-6-13-16(10-28)26-27(2)20(13)12-8-14(22)18(24)15(23)9-12/h4-5,8-9H,6-7,10H2,1-3H3. The number of benzene rings is 1. The highest BCUT2D eigenvalue weighted by molar-refractivity contribution is 5.94. The van der Waals surface area contributed by atoms with Crippen LogP contribution in [0.15, 0.2) is 24.3 Å². The molecule has 0 bridgehead atoms. The fourth-order valence-corrected chi connectivity index (χ4v) is 3.74. The molecule has 1 aliphatic rings. The van der Waals surface area contributed by atoms with E-state index in [-0.39, 0.29) is 18.0 Å². The first-order chi connectivity index (χ1) is 14.3. The summed E-state index contributed by atoms with van der Waals surface area (Å²) in [5, 5.41) is 4.43. The number of ether oxygens (including phenoxy) is 1. The Labute approximate surface area is 170 Å². The molecule has 0 unspecified atom stereocenters. The number of fused-ring (bicyclic) bond motifs is 1. The molecule has 3 aromatic rings. The first kappa shape index (κ1) is 19.9. The average Bonchev–Trinajstić information content (AvgIpc) is 3.06. The summed E-state index contributed by atoms with van der Waals surface area (Å²) in [4.78, 5) is 18.9. The maximum atomic E-state index is 13.7. The van der Waals surface area contributed by atoms with Gasteiger partial charge in [0.1, 0.15) is 5.69 Å². The van der Waals surface area contributed by atoms with Gasteiger partial charge < -0.3 is 9.64 Å². The fraction of sp³-hybridized carbons (Fsp3) is 0.286. The largest absolute Gasteiger partial charge is 0.481 e. The van der Waals surface area contributed by atoms with Crippen LogP contribution in [-0.2, 0) is 20.0 Å². The number of amides is 1. The number of methoxy groups -OCH3 is 1. The van der Waals surface area contributed by atoms with E-state index in [1.807, 2.05) is 0 Å². The first-order valence-corrected chi connectivity index (χ1v) is 9.30. The summed E-state index contributed by atoms with van der Waals surface area (Å²) in [6, 6.07) is 5.37. The summed E-state index contributed by atoms with van der Waals surface area (Å²) >= 11 is 0. The smallest absolute Gasteiger partial charge is 0.273 e. The molecular formula is C21H19F3N4O2. The Morgan fingerprint density at radius 1 is 1.17 bits per heavy atom. The minimum atomic E-state index is -1.51. The van der Waals surface area contributed by atoms with Crippen molar-refractivity contribution in [3.63, 3.8) is 0 Å². The zero-order valence-electron chi connectivity index (χ0n) is 16.7. The molecule has 9 heteroatoms. The molecule has 1 amide bonds. The second-order valence-electron chi connectivity index (χ2n) is 7.15. The van der Waals surface area contributed by atoms with Crippen molar-refractivity contribution in [3.8, 4) is 17.1 Å². The van der Waals surface area contributed by atoms with E-state index in [4.69, 9.17) is 4.74 Å². The second kappa shape index (κ2) is 7.47. The van der Waals surface area contributed by atoms with Gasteiger partial charge in [-0.05, 0) is 31.0 Å². The van der Waals surface area contributed by atoms with Crippen LogP contribution < -0.4 is 4.74 Å². The predicted molar refractivity (Wildman–Crippen MR) is 102 cm³/mol. The van der Waals surface area contributed by atoms with Crippen LogP contribution in [0.3, 0.4) is 0 Å². The molecule has 0 saturated carbocycles. The molecule has 0 saturated heterocycles. The van der Waals surface area contributed by atoms with E-state index < -0.39 is 17.5 Å². The molecule has 156 valence electrons. The molecule has 30 heavy (non-hydrogen) atoms. The molecular weight excluding hydrogens is 397 g/mol. The molecule has 6 nitrogen and oxygen atoms in total. The maximum absolute atomic E-state index is 13.7. The van der Waals surface area contributed by atoms with Gasteiger partial charge in [0, 0.05) is 30.8 Å². The van der Waals surface area contributed by atoms with Crippen LogP contribution in [0.1, 0.15) is 27.3 Å². The van der Waals surface area contributed by atoms with Crippen molar-refractivity contribution in [2.45, 2.75) is 19.9 Å². The fourth-order valence-electron chi connectivity index (χ4n) is 3.74. The number of hydrogen-bond acceptors (Lipinski definition) is 4. The molecule has 3 heterocycles. The summed E-state index contributed by atoms with van der Waals surface area (Å²) in [7, 11) is 3.13. The number of carbonyl (C=O) groups excluding carboxylic acids is 1. The van der Waals surface area contributed by atoms with E-state index in [0.29, 0.717) is 35.9 Å². The Balaban J connectivity index is 1.67. The van der Waals surface area contributed by atoms with Gasteiger partial charge in [0.2, 0.25) is 5.88 Å². The molecule has 0 N–H and O–H groups in total. The van der Waals surface area contributed by atoms with Crippen molar-refractivity contribution in [1.29, 1.82) is 0 Å². The molecule has 0 aliphatic carbocycles. The zero-order chi connectivity index (χ0) is 21.6. The topological polar surface area (TPSA) is 60.2 Å². The van der Waals surface area contributed by atoms with Crippen molar-refractivity contribution in [3.05, 3.63) is 64.2 Å². The summed E-state index contributed by atoms with van der Waals surface area (Å²) in [6.45, 7) is 2.41. The van der Waals surface area contributed by atoms with Crippen molar-refractivity contribution in [2.75, 3.05) is 13.7 Å². The van der Waals surface area contributed by atoms with Crippen LogP contribution in [0.25, 0.3) is 11.3 Å².